The lowest BCUT2D eigenvalue weighted by Crippen LogP contribution is -2.43. The van der Waals surface area contributed by atoms with Crippen molar-refractivity contribution in [1.29, 1.82) is 0 Å². The maximum atomic E-state index is 12.4. The van der Waals surface area contributed by atoms with Gasteiger partial charge in [-0.15, -0.1) is 0 Å². The molecule has 25 heavy (non-hydrogen) atoms. The zero-order valence-corrected chi connectivity index (χ0v) is 15.2. The summed E-state index contributed by atoms with van der Waals surface area (Å²) in [5.41, 5.74) is 7.12. The molecular formula is C20H26N4O. The number of aromatic nitrogens is 2. The van der Waals surface area contributed by atoms with Crippen LogP contribution in [-0.2, 0) is 10.2 Å². The van der Waals surface area contributed by atoms with E-state index in [1.807, 2.05) is 43.3 Å². The number of hydrogen-bond acceptors (Lipinski definition) is 4. The summed E-state index contributed by atoms with van der Waals surface area (Å²) in [4.78, 5) is 23.9. The number of carbonyl (C=O) groups excluding carboxylic acids is 1. The Kier molecular flexibility index (Phi) is 4.75. The van der Waals surface area contributed by atoms with E-state index in [1.54, 1.807) is 0 Å². The van der Waals surface area contributed by atoms with Gasteiger partial charge in [-0.05, 0) is 25.3 Å². The van der Waals surface area contributed by atoms with Crippen molar-refractivity contribution < 1.29 is 4.79 Å². The topological polar surface area (TPSA) is 72.1 Å². The predicted octanol–water partition coefficient (Wildman–Crippen LogP) is 2.93. The zero-order valence-electron chi connectivity index (χ0n) is 15.2. The molecule has 0 bridgehead atoms. The van der Waals surface area contributed by atoms with Crippen LogP contribution < -0.4 is 10.6 Å². The molecular weight excluding hydrogens is 312 g/mol. The van der Waals surface area contributed by atoms with Crippen LogP contribution >= 0.6 is 0 Å². The van der Waals surface area contributed by atoms with E-state index in [1.165, 1.54) is 0 Å². The third kappa shape index (κ3) is 3.23. The zero-order chi connectivity index (χ0) is 18.0. The quantitative estimate of drug-likeness (QED) is 0.910. The molecule has 3 rings (SSSR count). The maximum absolute atomic E-state index is 12.4. The highest BCUT2D eigenvalue weighted by molar-refractivity contribution is 5.88. The number of nitrogens with two attached hydrogens (primary N) is 1. The van der Waals surface area contributed by atoms with Gasteiger partial charge >= 0.3 is 0 Å². The molecule has 2 N–H and O–H groups in total. The summed E-state index contributed by atoms with van der Waals surface area (Å²) < 4.78 is 0. The monoisotopic (exact) mass is 338 g/mol. The number of rotatable bonds is 5. The van der Waals surface area contributed by atoms with Gasteiger partial charge in [-0.2, -0.15) is 0 Å². The molecule has 2 unspecified atom stereocenters. The first kappa shape index (κ1) is 17.4. The molecule has 0 spiro atoms. The fourth-order valence-corrected chi connectivity index (χ4v) is 3.48. The number of primary amides is 1. The van der Waals surface area contributed by atoms with Crippen molar-refractivity contribution in [1.82, 2.24) is 9.97 Å². The summed E-state index contributed by atoms with van der Waals surface area (Å²) in [6.07, 6.45) is 1.70. The van der Waals surface area contributed by atoms with Crippen LogP contribution in [-0.4, -0.2) is 29.0 Å². The molecule has 2 atom stereocenters. The van der Waals surface area contributed by atoms with Crippen molar-refractivity contribution in [2.45, 2.75) is 44.9 Å². The van der Waals surface area contributed by atoms with Crippen LogP contribution in [0.5, 0.6) is 0 Å². The average Bonchev–Trinajstić information content (AvgIpc) is 3.08. The van der Waals surface area contributed by atoms with Gasteiger partial charge in [0.2, 0.25) is 5.91 Å². The Morgan fingerprint density at radius 2 is 2.04 bits per heavy atom. The second-order valence-corrected chi connectivity index (χ2v) is 7.02. The Morgan fingerprint density at radius 1 is 1.32 bits per heavy atom. The lowest BCUT2D eigenvalue weighted by Gasteiger charge is -2.27. The van der Waals surface area contributed by atoms with Crippen molar-refractivity contribution >= 4 is 11.7 Å². The van der Waals surface area contributed by atoms with Gasteiger partial charge in [0.25, 0.3) is 0 Å². The molecule has 1 aliphatic heterocycles. The van der Waals surface area contributed by atoms with Crippen LogP contribution in [0.3, 0.4) is 0 Å². The van der Waals surface area contributed by atoms with E-state index >= 15 is 0 Å². The number of benzene rings is 1. The van der Waals surface area contributed by atoms with Crippen LogP contribution in [0, 0.1) is 6.92 Å². The third-order valence-corrected chi connectivity index (χ3v) is 5.30. The summed E-state index contributed by atoms with van der Waals surface area (Å²) in [5.74, 6) is 1.81. The van der Waals surface area contributed by atoms with Gasteiger partial charge in [-0.1, -0.05) is 44.2 Å². The molecule has 1 aromatic carbocycles. The molecule has 1 aromatic heterocycles. The van der Waals surface area contributed by atoms with E-state index in [-0.39, 0.29) is 5.91 Å². The van der Waals surface area contributed by atoms with E-state index < -0.39 is 5.41 Å². The number of hydrogen-bond donors (Lipinski definition) is 1. The molecule has 0 saturated carbocycles. The van der Waals surface area contributed by atoms with Crippen LogP contribution in [0.25, 0.3) is 0 Å². The Morgan fingerprint density at radius 3 is 2.68 bits per heavy atom. The number of amides is 1. The van der Waals surface area contributed by atoms with Gasteiger partial charge in [-0.3, -0.25) is 4.79 Å². The maximum Gasteiger partial charge on any atom is 0.229 e. The minimum atomic E-state index is -0.656. The highest BCUT2D eigenvalue weighted by Gasteiger charge is 2.45. The van der Waals surface area contributed by atoms with Crippen molar-refractivity contribution in [2.24, 2.45) is 5.73 Å². The first-order chi connectivity index (χ1) is 12.0. The van der Waals surface area contributed by atoms with Gasteiger partial charge in [-0.25, -0.2) is 9.97 Å². The van der Waals surface area contributed by atoms with Crippen molar-refractivity contribution in [3.05, 3.63) is 53.5 Å². The lowest BCUT2D eigenvalue weighted by atomic mass is 9.79. The van der Waals surface area contributed by atoms with Gasteiger partial charge in [0.05, 0.1) is 5.41 Å². The van der Waals surface area contributed by atoms with Gasteiger partial charge in [0, 0.05) is 30.8 Å². The van der Waals surface area contributed by atoms with Crippen LogP contribution in [0.15, 0.2) is 36.4 Å². The first-order valence-corrected chi connectivity index (χ1v) is 8.92. The first-order valence-electron chi connectivity index (χ1n) is 8.92. The van der Waals surface area contributed by atoms with Crippen LogP contribution in [0.1, 0.15) is 49.7 Å². The summed E-state index contributed by atoms with van der Waals surface area (Å²) in [5, 5.41) is 0. The Bertz CT molecular complexity index is 762. The molecule has 0 aliphatic carbocycles. The standard InChI is InChI=1S/C20H26N4O/c1-4-14(2)18-22-15(3)12-17(23-18)24-11-10-20(13-24,19(21)25)16-8-6-5-7-9-16/h5-9,12,14H,4,10-11,13H2,1-3H3,(H2,21,25). The second kappa shape index (κ2) is 6.82. The van der Waals surface area contributed by atoms with E-state index in [0.717, 1.165) is 35.9 Å². The Balaban J connectivity index is 1.94. The SMILES string of the molecule is CCC(C)c1nc(C)cc(N2CCC(C(N)=O)(c3ccccc3)C2)n1. The normalized spacial score (nSPS) is 21.3. The van der Waals surface area contributed by atoms with Gasteiger partial charge < -0.3 is 10.6 Å². The fraction of sp³-hybridized carbons (Fsp3) is 0.450. The largest absolute Gasteiger partial charge is 0.369 e. The predicted molar refractivity (Wildman–Crippen MR) is 99.6 cm³/mol. The third-order valence-electron chi connectivity index (χ3n) is 5.30. The summed E-state index contributed by atoms with van der Waals surface area (Å²) in [7, 11) is 0. The van der Waals surface area contributed by atoms with E-state index in [9.17, 15) is 4.79 Å². The molecule has 0 radical (unpaired) electrons. The van der Waals surface area contributed by atoms with Crippen molar-refractivity contribution in [2.75, 3.05) is 18.0 Å². The fourth-order valence-electron chi connectivity index (χ4n) is 3.48. The number of aryl methyl sites for hydroxylation is 1. The molecule has 2 aromatic rings. The molecule has 5 heteroatoms. The summed E-state index contributed by atoms with van der Waals surface area (Å²) in [6, 6.07) is 11.8. The highest BCUT2D eigenvalue weighted by atomic mass is 16.1. The molecule has 1 saturated heterocycles. The number of carbonyl (C=O) groups is 1. The molecule has 1 aliphatic rings. The minimum absolute atomic E-state index is 0.269. The minimum Gasteiger partial charge on any atom is -0.369 e. The van der Waals surface area contributed by atoms with Crippen LogP contribution in [0.2, 0.25) is 0 Å². The van der Waals surface area contributed by atoms with Gasteiger partial charge in [0.15, 0.2) is 0 Å². The van der Waals surface area contributed by atoms with Gasteiger partial charge in [0.1, 0.15) is 11.6 Å². The average molecular weight is 338 g/mol. The van der Waals surface area contributed by atoms with E-state index in [2.05, 4.69) is 23.7 Å². The highest BCUT2D eigenvalue weighted by Crippen LogP contribution is 2.36. The van der Waals surface area contributed by atoms with Crippen molar-refractivity contribution in [3.63, 3.8) is 0 Å². The summed E-state index contributed by atoms with van der Waals surface area (Å²) in [6.45, 7) is 7.59. The Hall–Kier alpha value is -2.43. The van der Waals surface area contributed by atoms with E-state index in [4.69, 9.17) is 10.7 Å². The number of anilines is 1. The number of nitrogens with zero attached hydrogens (tertiary/aromatic N) is 3. The smallest absolute Gasteiger partial charge is 0.229 e. The van der Waals surface area contributed by atoms with Crippen LogP contribution in [0.4, 0.5) is 5.82 Å². The van der Waals surface area contributed by atoms with Crippen molar-refractivity contribution in [3.8, 4) is 0 Å². The van der Waals surface area contributed by atoms with E-state index in [0.29, 0.717) is 18.9 Å². The lowest BCUT2D eigenvalue weighted by molar-refractivity contribution is -0.122. The Labute approximate surface area is 149 Å². The molecule has 1 fully saturated rings. The summed E-state index contributed by atoms with van der Waals surface area (Å²) >= 11 is 0. The second-order valence-electron chi connectivity index (χ2n) is 7.02. The molecule has 5 nitrogen and oxygen atoms in total. The molecule has 2 heterocycles. The molecule has 132 valence electrons. The molecule has 1 amide bonds.